The van der Waals surface area contributed by atoms with Crippen molar-refractivity contribution in [3.63, 3.8) is 0 Å². The van der Waals surface area contributed by atoms with Crippen molar-refractivity contribution in [3.8, 4) is 17.4 Å². The fourth-order valence-corrected chi connectivity index (χ4v) is 3.21. The number of hydrogen-bond donors (Lipinski definition) is 1. The van der Waals surface area contributed by atoms with E-state index in [1.54, 1.807) is 18.2 Å². The van der Waals surface area contributed by atoms with Gasteiger partial charge in [-0.2, -0.15) is 13.2 Å². The van der Waals surface area contributed by atoms with Gasteiger partial charge in [0.1, 0.15) is 29.7 Å². The highest BCUT2D eigenvalue weighted by atomic mass is 35.5. The Morgan fingerprint density at radius 1 is 1.08 bits per heavy atom. The molecule has 0 unspecified atom stereocenters. The van der Waals surface area contributed by atoms with Crippen LogP contribution in [0.25, 0.3) is 0 Å². The van der Waals surface area contributed by atoms with Crippen LogP contribution < -0.4 is 14.8 Å². The van der Waals surface area contributed by atoms with Crippen molar-refractivity contribution in [2.45, 2.75) is 19.2 Å². The number of aromatic nitrogens is 1. The maximum atomic E-state index is 12.9. The third kappa shape index (κ3) is 8.31. The number of pyridine rings is 1. The number of ether oxygens (including phenoxy) is 4. The molecule has 0 fully saturated rings. The highest BCUT2D eigenvalue weighted by molar-refractivity contribution is 6.31. The van der Waals surface area contributed by atoms with Crippen LogP contribution in [-0.4, -0.2) is 37.9 Å². The number of alkyl halides is 3. The van der Waals surface area contributed by atoms with Crippen LogP contribution in [0.3, 0.4) is 0 Å². The van der Waals surface area contributed by atoms with Gasteiger partial charge in [0.25, 0.3) is 0 Å². The number of halogens is 4. The van der Waals surface area contributed by atoms with Crippen LogP contribution in [0.15, 0.2) is 60.8 Å². The van der Waals surface area contributed by atoms with Gasteiger partial charge in [-0.05, 0) is 29.7 Å². The third-order valence-electron chi connectivity index (χ3n) is 4.81. The van der Waals surface area contributed by atoms with Gasteiger partial charge in [0, 0.05) is 25.9 Å². The van der Waals surface area contributed by atoms with E-state index < -0.39 is 17.8 Å². The first kappa shape index (κ1) is 27.1. The molecule has 1 aromatic heterocycles. The fourth-order valence-electron chi connectivity index (χ4n) is 3.00. The van der Waals surface area contributed by atoms with E-state index in [4.69, 9.17) is 30.5 Å². The average molecular weight is 525 g/mol. The number of rotatable bonds is 11. The Labute approximate surface area is 211 Å². The molecule has 1 heterocycles. The molecule has 0 aliphatic heterocycles. The van der Waals surface area contributed by atoms with E-state index in [9.17, 15) is 18.0 Å². The molecule has 192 valence electrons. The van der Waals surface area contributed by atoms with Crippen molar-refractivity contribution in [2.75, 3.05) is 26.9 Å². The topological polar surface area (TPSA) is 78.9 Å². The third-order valence-corrected chi connectivity index (χ3v) is 5.08. The summed E-state index contributed by atoms with van der Waals surface area (Å²) in [4.78, 5) is 15.7. The molecule has 7 nitrogen and oxygen atoms in total. The number of amides is 1. The second kappa shape index (κ2) is 13.0. The zero-order valence-corrected chi connectivity index (χ0v) is 20.1. The van der Waals surface area contributed by atoms with Gasteiger partial charge in [0.15, 0.2) is 0 Å². The second-order valence-corrected chi connectivity index (χ2v) is 7.87. The predicted molar refractivity (Wildman–Crippen MR) is 126 cm³/mol. The first-order chi connectivity index (χ1) is 17.3. The Balaban J connectivity index is 1.68. The van der Waals surface area contributed by atoms with Crippen LogP contribution in [-0.2, 0) is 28.7 Å². The van der Waals surface area contributed by atoms with Gasteiger partial charge in [0.05, 0.1) is 12.2 Å². The van der Waals surface area contributed by atoms with Gasteiger partial charge in [-0.25, -0.2) is 9.78 Å². The smallest absolute Gasteiger partial charge is 0.417 e. The lowest BCUT2D eigenvalue weighted by Gasteiger charge is -2.15. The second-order valence-electron chi connectivity index (χ2n) is 7.46. The number of hydrogen-bond acceptors (Lipinski definition) is 6. The summed E-state index contributed by atoms with van der Waals surface area (Å²) in [6.07, 6.45) is -4.21. The standard InChI is InChI=1S/C25H24ClF3N2O5/c1-33-11-12-34-20-8-7-18(9-10-30-24(32)35-16-17-5-3-2-4-6-17)22(14-20)36-23-21(26)13-19(15-31-23)25(27,28)29/h2-8,13-15H,9-12,16H2,1H3,(H,30,32). The SMILES string of the molecule is COCCOc1ccc(CCNC(=O)OCc2ccccc2)c(Oc2ncc(C(F)(F)F)cc2Cl)c1. The molecule has 0 saturated carbocycles. The quantitative estimate of drug-likeness (QED) is 0.308. The van der Waals surface area contributed by atoms with Crippen molar-refractivity contribution in [1.29, 1.82) is 0 Å². The average Bonchev–Trinajstić information content (AvgIpc) is 2.85. The van der Waals surface area contributed by atoms with E-state index in [0.29, 0.717) is 30.5 Å². The maximum absolute atomic E-state index is 12.9. The molecule has 0 saturated heterocycles. The monoisotopic (exact) mass is 524 g/mol. The summed E-state index contributed by atoms with van der Waals surface area (Å²) in [6, 6.07) is 15.0. The minimum absolute atomic E-state index is 0.132. The minimum atomic E-state index is -4.59. The molecule has 1 amide bonds. The zero-order chi connectivity index (χ0) is 26.0. The van der Waals surface area contributed by atoms with E-state index >= 15 is 0 Å². The Morgan fingerprint density at radius 2 is 1.86 bits per heavy atom. The number of carbonyl (C=O) groups is 1. The van der Waals surface area contributed by atoms with E-state index in [-0.39, 0.29) is 36.4 Å². The van der Waals surface area contributed by atoms with Gasteiger partial charge in [-0.1, -0.05) is 48.0 Å². The Morgan fingerprint density at radius 3 is 2.56 bits per heavy atom. The largest absolute Gasteiger partial charge is 0.491 e. The molecular formula is C25H24ClF3N2O5. The van der Waals surface area contributed by atoms with Crippen molar-refractivity contribution in [3.05, 3.63) is 82.5 Å². The molecule has 3 aromatic rings. The summed E-state index contributed by atoms with van der Waals surface area (Å²) in [5, 5.41) is 2.35. The van der Waals surface area contributed by atoms with Crippen molar-refractivity contribution >= 4 is 17.7 Å². The Kier molecular flexibility index (Phi) is 9.77. The van der Waals surface area contributed by atoms with Gasteiger partial charge < -0.3 is 24.3 Å². The molecule has 0 aliphatic carbocycles. The Bertz CT molecular complexity index is 1150. The molecule has 1 N–H and O–H groups in total. The van der Waals surface area contributed by atoms with Crippen LogP contribution >= 0.6 is 11.6 Å². The Hall–Kier alpha value is -3.50. The van der Waals surface area contributed by atoms with Gasteiger partial charge in [-0.3, -0.25) is 0 Å². The van der Waals surface area contributed by atoms with E-state index in [1.165, 1.54) is 7.11 Å². The highest BCUT2D eigenvalue weighted by Gasteiger charge is 2.32. The minimum Gasteiger partial charge on any atom is -0.491 e. The first-order valence-electron chi connectivity index (χ1n) is 10.9. The van der Waals surface area contributed by atoms with Crippen molar-refractivity contribution < 1.29 is 36.9 Å². The number of benzene rings is 2. The lowest BCUT2D eigenvalue weighted by atomic mass is 10.1. The van der Waals surface area contributed by atoms with Gasteiger partial charge >= 0.3 is 12.3 Å². The van der Waals surface area contributed by atoms with Gasteiger partial charge in [-0.15, -0.1) is 0 Å². The first-order valence-corrected chi connectivity index (χ1v) is 11.2. The van der Waals surface area contributed by atoms with E-state index in [1.807, 2.05) is 30.3 Å². The van der Waals surface area contributed by atoms with E-state index in [2.05, 4.69) is 10.3 Å². The maximum Gasteiger partial charge on any atom is 0.417 e. The normalized spacial score (nSPS) is 11.1. The van der Waals surface area contributed by atoms with Crippen molar-refractivity contribution in [2.24, 2.45) is 0 Å². The number of methoxy groups -OCH3 is 1. The lowest BCUT2D eigenvalue weighted by Crippen LogP contribution is -2.26. The number of nitrogens with zero attached hydrogens (tertiary/aromatic N) is 1. The number of nitrogens with one attached hydrogen (secondary N) is 1. The molecule has 0 aliphatic rings. The molecule has 0 bridgehead atoms. The summed E-state index contributed by atoms with van der Waals surface area (Å²) >= 11 is 6.00. The number of carbonyl (C=O) groups excluding carboxylic acids is 1. The lowest BCUT2D eigenvalue weighted by molar-refractivity contribution is -0.137. The summed E-state index contributed by atoms with van der Waals surface area (Å²) in [5.74, 6) is 0.512. The molecule has 0 spiro atoms. The predicted octanol–water partition coefficient (Wildman–Crippen LogP) is 6.04. The van der Waals surface area contributed by atoms with Crippen LogP contribution in [0.2, 0.25) is 5.02 Å². The molecule has 2 aromatic carbocycles. The number of alkyl carbamates (subject to hydrolysis) is 1. The van der Waals surface area contributed by atoms with Gasteiger partial charge in [0.2, 0.25) is 5.88 Å². The summed E-state index contributed by atoms with van der Waals surface area (Å²) < 4.78 is 60.3. The van der Waals surface area contributed by atoms with Crippen LogP contribution in [0.5, 0.6) is 17.4 Å². The molecule has 36 heavy (non-hydrogen) atoms. The summed E-state index contributed by atoms with van der Waals surface area (Å²) in [7, 11) is 1.54. The zero-order valence-electron chi connectivity index (χ0n) is 19.3. The highest BCUT2D eigenvalue weighted by Crippen LogP contribution is 2.36. The van der Waals surface area contributed by atoms with Crippen molar-refractivity contribution in [1.82, 2.24) is 10.3 Å². The van der Waals surface area contributed by atoms with Crippen LogP contribution in [0, 0.1) is 0 Å². The van der Waals surface area contributed by atoms with Crippen LogP contribution in [0.1, 0.15) is 16.7 Å². The summed E-state index contributed by atoms with van der Waals surface area (Å²) in [5.41, 5.74) is 0.499. The molecular weight excluding hydrogens is 501 g/mol. The summed E-state index contributed by atoms with van der Waals surface area (Å²) in [6.45, 7) is 0.983. The molecule has 0 atom stereocenters. The van der Waals surface area contributed by atoms with E-state index in [0.717, 1.165) is 11.6 Å². The molecule has 0 radical (unpaired) electrons. The molecule has 11 heteroatoms. The molecule has 3 rings (SSSR count). The fraction of sp³-hybridized carbons (Fsp3) is 0.280. The van der Waals surface area contributed by atoms with Crippen LogP contribution in [0.4, 0.5) is 18.0 Å².